The molecule has 0 bridgehead atoms. The molecule has 0 aliphatic rings. The fraction of sp³-hybridized carbons (Fsp3) is 0.952. The molecular weight excluding hydrogens is 565 g/mol. The molecule has 0 aromatic heterocycles. The third kappa shape index (κ3) is 16.9. The molecule has 0 N–H and O–H groups in total. The molecule has 0 heterocycles. The Labute approximate surface area is 193 Å². The maximum atomic E-state index is 13.1. The maximum Gasteiger partial charge on any atom is 0.319 e. The first-order chi connectivity index (χ1) is 12.7. The standard InChI is InChI=1S/C21H44N2O.H3P.U/c1-5-9-13-17-22(18-14-10-6-2)21(24)23(19-15-11-7-3)20-16-12-8-4;;/h5-20H2,1-4H3;1H3;/i;1T;. The number of amides is 2. The Morgan fingerprint density at radius 2 is 0.846 bits per heavy atom. The van der Waals surface area contributed by atoms with Gasteiger partial charge in [-0.2, -0.15) is 9.84 Å². The van der Waals surface area contributed by atoms with E-state index in [2.05, 4.69) is 37.5 Å². The van der Waals surface area contributed by atoms with E-state index in [4.69, 9.17) is 1.28 Å². The molecule has 26 heavy (non-hydrogen) atoms. The van der Waals surface area contributed by atoms with Crippen LogP contribution in [0.5, 0.6) is 0 Å². The van der Waals surface area contributed by atoms with Crippen LogP contribution in [0.4, 0.5) is 4.79 Å². The summed E-state index contributed by atoms with van der Waals surface area (Å²) in [5.74, 6) is 0. The minimum absolute atomic E-state index is 0. The third-order valence-corrected chi connectivity index (χ3v) is 4.67. The minimum Gasteiger partial charge on any atom is -0.325 e. The summed E-state index contributed by atoms with van der Waals surface area (Å²) in [6.07, 6.45) is 14.3. The van der Waals surface area contributed by atoms with Gasteiger partial charge in [-0.25, -0.2) is 4.79 Å². The van der Waals surface area contributed by atoms with E-state index in [1.165, 1.54) is 51.4 Å². The molecule has 1 atom stereocenters. The van der Waals surface area contributed by atoms with Crippen LogP contribution in [-0.4, -0.2) is 43.3 Å². The second-order valence-corrected chi connectivity index (χ2v) is 7.09. The van der Waals surface area contributed by atoms with Gasteiger partial charge in [-0.1, -0.05) is 79.1 Å². The van der Waals surface area contributed by atoms with Crippen LogP contribution in [-0.2, 0) is 0 Å². The summed E-state index contributed by atoms with van der Waals surface area (Å²) in [5, 5.41) is 0. The third-order valence-electron chi connectivity index (χ3n) is 4.67. The van der Waals surface area contributed by atoms with Gasteiger partial charge in [-0.15, -0.1) is 0 Å². The molecule has 0 aromatic rings. The second-order valence-electron chi connectivity index (χ2n) is 7.09. The fourth-order valence-electron chi connectivity index (χ4n) is 3.02. The van der Waals surface area contributed by atoms with Gasteiger partial charge in [0.25, 0.3) is 0 Å². The van der Waals surface area contributed by atoms with E-state index in [1.54, 1.807) is 9.84 Å². The summed E-state index contributed by atoms with van der Waals surface area (Å²) >= 11 is 0. The zero-order valence-corrected chi connectivity index (χ0v) is 23.5. The molecule has 5 heteroatoms. The van der Waals surface area contributed by atoms with E-state index >= 15 is 0 Å². The first-order valence-corrected chi connectivity index (χ1v) is 10.7. The molecule has 0 aliphatic heterocycles. The van der Waals surface area contributed by atoms with Crippen LogP contribution >= 0.6 is 9.84 Å². The maximum absolute atomic E-state index is 13.1. The van der Waals surface area contributed by atoms with Crippen LogP contribution in [0, 0.1) is 31.1 Å². The molecule has 0 saturated carbocycles. The van der Waals surface area contributed by atoms with Gasteiger partial charge < -0.3 is 9.80 Å². The summed E-state index contributed by atoms with van der Waals surface area (Å²) in [4.78, 5) is 17.4. The van der Waals surface area contributed by atoms with Crippen molar-refractivity contribution in [1.29, 1.82) is 1.28 Å². The average Bonchev–Trinajstić information content (AvgIpc) is 2.67. The summed E-state index contributed by atoms with van der Waals surface area (Å²) < 4.78 is 5.67. The molecular formula is C21H47N2OPU. The molecule has 0 radical (unpaired) electrons. The minimum atomic E-state index is 0. The van der Waals surface area contributed by atoms with E-state index in [0.29, 0.717) is 6.03 Å². The molecule has 0 spiro atoms. The molecule has 0 rings (SSSR count). The molecule has 3 nitrogen and oxygen atoms in total. The van der Waals surface area contributed by atoms with Crippen molar-refractivity contribution < 1.29 is 35.9 Å². The average molecular weight is 615 g/mol. The first kappa shape index (κ1) is 29.0. The van der Waals surface area contributed by atoms with E-state index < -0.39 is 0 Å². The molecule has 0 aliphatic carbocycles. The topological polar surface area (TPSA) is 23.6 Å². The molecule has 0 aromatic carbocycles. The molecule has 0 fully saturated rings. The SMILES string of the molecule is CCCCCN(CCCCC)C(=O)N(CCCCC)CCCCC.[3H]P.[U]. The number of urea groups is 1. The molecule has 0 saturated heterocycles. The predicted molar refractivity (Wildman–Crippen MR) is 118 cm³/mol. The van der Waals surface area contributed by atoms with Crippen molar-refractivity contribution in [2.45, 2.75) is 105 Å². The number of carbonyl (C=O) groups excluding carboxylic acids is 1. The van der Waals surface area contributed by atoms with E-state index in [-0.39, 0.29) is 31.1 Å². The van der Waals surface area contributed by atoms with Gasteiger partial charge in [-0.05, 0) is 25.7 Å². The number of nitrogens with zero attached hydrogens (tertiary/aromatic N) is 2. The van der Waals surface area contributed by atoms with Crippen molar-refractivity contribution in [2.75, 3.05) is 26.2 Å². The van der Waals surface area contributed by atoms with Crippen LogP contribution < -0.4 is 0 Å². The zero-order chi connectivity index (χ0) is 20.0. The van der Waals surface area contributed by atoms with Gasteiger partial charge >= 0.3 is 6.03 Å². The van der Waals surface area contributed by atoms with E-state index in [9.17, 15) is 4.79 Å². The quantitative estimate of drug-likeness (QED) is 0.143. The van der Waals surface area contributed by atoms with Crippen molar-refractivity contribution >= 4 is 15.9 Å². The molecule has 156 valence electrons. The number of rotatable bonds is 16. The summed E-state index contributed by atoms with van der Waals surface area (Å²) in [6, 6.07) is 0.300. The van der Waals surface area contributed by atoms with Crippen molar-refractivity contribution in [1.82, 2.24) is 9.80 Å². The Bertz CT molecular complexity index is 253. The van der Waals surface area contributed by atoms with Crippen molar-refractivity contribution in [3.63, 3.8) is 0 Å². The Morgan fingerprint density at radius 1 is 0.615 bits per heavy atom. The van der Waals surface area contributed by atoms with Gasteiger partial charge in [0.1, 0.15) is 0 Å². The second kappa shape index (κ2) is 23.8. The number of unbranched alkanes of at least 4 members (excludes halogenated alkanes) is 8. The predicted octanol–water partition coefficient (Wildman–Crippen LogP) is 6.53. The van der Waals surface area contributed by atoms with Gasteiger partial charge in [-0.3, -0.25) is 0 Å². The first-order valence-electron chi connectivity index (χ1n) is 11.3. The van der Waals surface area contributed by atoms with E-state index in [1.807, 2.05) is 0 Å². The number of hydrogen-bond acceptors (Lipinski definition) is 1. The van der Waals surface area contributed by atoms with Crippen LogP contribution in [0.15, 0.2) is 0 Å². The Balaban J connectivity index is -0.00000185. The van der Waals surface area contributed by atoms with Crippen molar-refractivity contribution in [2.24, 2.45) is 0 Å². The summed E-state index contributed by atoms with van der Waals surface area (Å²) in [7, 11) is 1.67. The largest absolute Gasteiger partial charge is 0.325 e. The normalized spacial score (nSPS) is 10.3. The number of hydrogen-bond donors (Lipinski definition) is 0. The molecule has 1 unspecified atom stereocenters. The smallest absolute Gasteiger partial charge is 0.319 e. The summed E-state index contributed by atoms with van der Waals surface area (Å²) in [5.41, 5.74) is 0. The van der Waals surface area contributed by atoms with Crippen LogP contribution in [0.3, 0.4) is 0 Å². The van der Waals surface area contributed by atoms with Gasteiger partial charge in [0, 0.05) is 57.3 Å². The summed E-state index contributed by atoms with van der Waals surface area (Å²) in [6.45, 7) is 12.7. The molecule has 2 amide bonds. The Morgan fingerprint density at radius 3 is 1.04 bits per heavy atom. The van der Waals surface area contributed by atoms with Crippen LogP contribution in [0.2, 0.25) is 0 Å². The Hall–Kier alpha value is 0.752. The van der Waals surface area contributed by atoms with E-state index in [0.717, 1.165) is 51.9 Å². The van der Waals surface area contributed by atoms with Crippen LogP contribution in [0.1, 0.15) is 105 Å². The van der Waals surface area contributed by atoms with Gasteiger partial charge in [0.15, 0.2) is 0 Å². The van der Waals surface area contributed by atoms with Crippen LogP contribution in [0.25, 0.3) is 0 Å². The van der Waals surface area contributed by atoms with Crippen molar-refractivity contribution in [3.05, 3.63) is 0 Å². The Kier molecular flexibility index (Phi) is 26.5. The zero-order valence-electron chi connectivity index (χ0n) is 19.2. The number of carbonyl (C=O) groups is 1. The monoisotopic (exact) mass is 614 g/mol. The van der Waals surface area contributed by atoms with Crippen molar-refractivity contribution in [3.8, 4) is 0 Å². The van der Waals surface area contributed by atoms with Gasteiger partial charge in [0.05, 0.1) is 1.28 Å². The fourth-order valence-corrected chi connectivity index (χ4v) is 3.02. The van der Waals surface area contributed by atoms with Gasteiger partial charge in [0.2, 0.25) is 0 Å².